The van der Waals surface area contributed by atoms with Crippen molar-refractivity contribution in [3.63, 3.8) is 0 Å². The number of nitrogens with zero attached hydrogens (tertiary/aromatic N) is 4. The van der Waals surface area contributed by atoms with E-state index in [4.69, 9.17) is 0 Å². The minimum atomic E-state index is -2.97. The minimum Gasteiger partial charge on any atom is -0.377 e. The van der Waals surface area contributed by atoms with Crippen molar-refractivity contribution in [1.82, 2.24) is 4.98 Å². The van der Waals surface area contributed by atoms with E-state index in [0.29, 0.717) is 17.0 Å². The predicted octanol–water partition coefficient (Wildman–Crippen LogP) is 5.78. The molecule has 3 aromatic rings. The molecule has 0 fully saturated rings. The van der Waals surface area contributed by atoms with Gasteiger partial charge in [-0.1, -0.05) is 31.2 Å². The van der Waals surface area contributed by atoms with Crippen LogP contribution in [0.15, 0.2) is 65.9 Å². The largest absolute Gasteiger partial charge is 0.377 e. The number of ketones is 1. The van der Waals surface area contributed by atoms with Gasteiger partial charge in [0, 0.05) is 49.9 Å². The molecular weight excluding hydrogens is 474 g/mol. The lowest BCUT2D eigenvalue weighted by atomic mass is 9.92. The van der Waals surface area contributed by atoms with E-state index in [2.05, 4.69) is 10.1 Å². The van der Waals surface area contributed by atoms with Crippen LogP contribution in [-0.4, -0.2) is 36.5 Å². The van der Waals surface area contributed by atoms with Crippen molar-refractivity contribution in [3.05, 3.63) is 77.5 Å². The minimum absolute atomic E-state index is 0.136. The van der Waals surface area contributed by atoms with Crippen molar-refractivity contribution in [2.24, 2.45) is 11.0 Å². The van der Waals surface area contributed by atoms with E-state index in [0.717, 1.165) is 22.5 Å². The van der Waals surface area contributed by atoms with Crippen molar-refractivity contribution >= 4 is 28.8 Å². The highest BCUT2D eigenvalue weighted by molar-refractivity contribution is 6.27. The summed E-state index contributed by atoms with van der Waals surface area (Å²) in [5.74, 6) is -4.88. The maximum atomic E-state index is 14.2. The first-order valence-corrected chi connectivity index (χ1v) is 12.2. The second kappa shape index (κ2) is 10.2. The van der Waals surface area contributed by atoms with Gasteiger partial charge in [0.15, 0.2) is 5.78 Å². The van der Waals surface area contributed by atoms with Gasteiger partial charge in [0.2, 0.25) is 0 Å². The number of hydrogen-bond acceptors (Lipinski definition) is 5. The Morgan fingerprint density at radius 1 is 1.08 bits per heavy atom. The quantitative estimate of drug-likeness (QED) is 0.365. The standard InChI is InChI=1S/C29H30F2N4O2/c1-6-29(30,31)21-11-7-10-20(15-21)16-25(36)26-19(3)33-35(28(26)37)22-12-13-24(34(4)5)23(17-22)27-18(2)9-8-14-32-27/h7-15,17,26H,6,16H2,1-5H3. The maximum Gasteiger partial charge on any atom is 0.273 e. The number of carbonyl (C=O) groups excluding carboxylic acids is 2. The van der Waals surface area contributed by atoms with Crippen molar-refractivity contribution in [3.8, 4) is 11.3 Å². The van der Waals surface area contributed by atoms with Crippen molar-refractivity contribution in [2.45, 2.75) is 39.5 Å². The normalized spacial score (nSPS) is 15.6. The molecule has 1 aliphatic rings. The molecule has 6 nitrogen and oxygen atoms in total. The summed E-state index contributed by atoms with van der Waals surface area (Å²) in [4.78, 5) is 33.1. The molecule has 0 N–H and O–H groups in total. The van der Waals surface area contributed by atoms with Gasteiger partial charge in [-0.2, -0.15) is 10.1 Å². The Morgan fingerprint density at radius 2 is 1.84 bits per heavy atom. The maximum absolute atomic E-state index is 14.2. The Morgan fingerprint density at radius 3 is 2.51 bits per heavy atom. The number of hydrogen-bond donors (Lipinski definition) is 0. The van der Waals surface area contributed by atoms with E-state index in [9.17, 15) is 18.4 Å². The fraction of sp³-hybridized carbons (Fsp3) is 0.310. The van der Waals surface area contributed by atoms with Crippen molar-refractivity contribution in [1.29, 1.82) is 0 Å². The molecule has 2 aromatic carbocycles. The first kappa shape index (κ1) is 26.1. The number of carbonyl (C=O) groups is 2. The van der Waals surface area contributed by atoms with E-state index < -0.39 is 17.7 Å². The van der Waals surface area contributed by atoms with Gasteiger partial charge in [-0.05, 0) is 55.3 Å². The smallest absolute Gasteiger partial charge is 0.273 e. The summed E-state index contributed by atoms with van der Waals surface area (Å²) in [5.41, 5.74) is 4.74. The number of amides is 1. The van der Waals surface area contributed by atoms with Crippen LogP contribution in [0.5, 0.6) is 0 Å². The van der Waals surface area contributed by atoms with E-state index in [1.165, 1.54) is 30.1 Å². The van der Waals surface area contributed by atoms with Crippen LogP contribution < -0.4 is 9.91 Å². The van der Waals surface area contributed by atoms with Gasteiger partial charge in [-0.25, -0.2) is 8.78 Å². The lowest BCUT2D eigenvalue weighted by molar-refractivity contribution is -0.128. The highest BCUT2D eigenvalue weighted by Crippen LogP contribution is 2.36. The zero-order valence-electron chi connectivity index (χ0n) is 21.6. The van der Waals surface area contributed by atoms with Crippen LogP contribution in [0.25, 0.3) is 11.3 Å². The molecule has 37 heavy (non-hydrogen) atoms. The zero-order chi connectivity index (χ0) is 26.9. The molecule has 0 saturated carbocycles. The van der Waals surface area contributed by atoms with Gasteiger partial charge < -0.3 is 4.90 Å². The second-order valence-electron chi connectivity index (χ2n) is 9.49. The average Bonchev–Trinajstić information content (AvgIpc) is 3.17. The molecule has 2 heterocycles. The molecule has 0 aliphatic carbocycles. The van der Waals surface area contributed by atoms with Crippen LogP contribution in [0.4, 0.5) is 20.2 Å². The molecule has 8 heteroatoms. The fourth-order valence-corrected chi connectivity index (χ4v) is 4.54. The third-order valence-corrected chi connectivity index (χ3v) is 6.60. The second-order valence-corrected chi connectivity index (χ2v) is 9.49. The monoisotopic (exact) mass is 504 g/mol. The summed E-state index contributed by atoms with van der Waals surface area (Å²) in [6.45, 7) is 5.02. The molecule has 0 saturated heterocycles. The first-order valence-electron chi connectivity index (χ1n) is 12.2. The van der Waals surface area contributed by atoms with Gasteiger partial charge in [-0.3, -0.25) is 14.6 Å². The van der Waals surface area contributed by atoms with Gasteiger partial charge in [0.1, 0.15) is 5.92 Å². The Kier molecular flexibility index (Phi) is 7.21. The molecule has 1 aliphatic heterocycles. The van der Waals surface area contributed by atoms with E-state index in [1.54, 1.807) is 25.3 Å². The number of hydrazone groups is 1. The molecule has 192 valence electrons. The van der Waals surface area contributed by atoms with Crippen LogP contribution in [0, 0.1) is 12.8 Å². The molecule has 0 spiro atoms. The lowest BCUT2D eigenvalue weighted by Crippen LogP contribution is -2.33. The summed E-state index contributed by atoms with van der Waals surface area (Å²) in [6.07, 6.45) is 1.25. The fourth-order valence-electron chi connectivity index (χ4n) is 4.54. The molecular formula is C29H30F2N4O2. The van der Waals surface area contributed by atoms with E-state index >= 15 is 0 Å². The molecule has 1 amide bonds. The third-order valence-electron chi connectivity index (χ3n) is 6.60. The Hall–Kier alpha value is -3.94. The highest BCUT2D eigenvalue weighted by atomic mass is 19.3. The lowest BCUT2D eigenvalue weighted by Gasteiger charge is -2.21. The summed E-state index contributed by atoms with van der Waals surface area (Å²) in [7, 11) is 3.86. The number of Topliss-reactive ketones (excluding diaryl/α,β-unsaturated/α-hetero) is 1. The SMILES string of the molecule is CCC(F)(F)c1cccc(CC(=O)C2C(=O)N(c3ccc(N(C)C)c(-c4ncccc4C)c3)N=C2C)c1. The highest BCUT2D eigenvalue weighted by Gasteiger charge is 2.39. The summed E-state index contributed by atoms with van der Waals surface area (Å²) in [5, 5.41) is 5.66. The van der Waals surface area contributed by atoms with Crippen LogP contribution in [-0.2, 0) is 21.9 Å². The number of rotatable bonds is 8. The van der Waals surface area contributed by atoms with Gasteiger partial charge >= 0.3 is 0 Å². The topological polar surface area (TPSA) is 65.9 Å². The van der Waals surface area contributed by atoms with Crippen LogP contribution in [0.3, 0.4) is 0 Å². The molecule has 0 radical (unpaired) electrons. The molecule has 0 bridgehead atoms. The summed E-state index contributed by atoms with van der Waals surface area (Å²) in [6, 6.07) is 15.2. The van der Waals surface area contributed by atoms with Gasteiger partial charge in [-0.15, -0.1) is 0 Å². The van der Waals surface area contributed by atoms with Crippen LogP contribution >= 0.6 is 0 Å². The average molecular weight is 505 g/mol. The number of alkyl halides is 2. The molecule has 1 atom stereocenters. The first-order chi connectivity index (χ1) is 17.5. The van der Waals surface area contributed by atoms with Gasteiger partial charge in [0.25, 0.3) is 11.8 Å². The Balaban J connectivity index is 1.62. The molecule has 1 unspecified atom stereocenters. The summed E-state index contributed by atoms with van der Waals surface area (Å²) < 4.78 is 28.3. The number of aromatic nitrogens is 1. The number of halogens is 2. The molecule has 1 aromatic heterocycles. The number of benzene rings is 2. The molecule has 4 rings (SSSR count). The predicted molar refractivity (Wildman–Crippen MR) is 142 cm³/mol. The van der Waals surface area contributed by atoms with E-state index in [1.807, 2.05) is 50.2 Å². The van der Waals surface area contributed by atoms with Gasteiger partial charge in [0.05, 0.1) is 17.1 Å². The van der Waals surface area contributed by atoms with E-state index in [-0.39, 0.29) is 24.2 Å². The number of aryl methyl sites for hydroxylation is 1. The number of pyridine rings is 1. The zero-order valence-corrected chi connectivity index (χ0v) is 21.6. The third kappa shape index (κ3) is 5.14. The Labute approximate surface area is 215 Å². The summed E-state index contributed by atoms with van der Waals surface area (Å²) >= 11 is 0. The Bertz CT molecular complexity index is 1380. The van der Waals surface area contributed by atoms with Crippen molar-refractivity contribution < 1.29 is 18.4 Å². The van der Waals surface area contributed by atoms with Crippen LogP contribution in [0.1, 0.15) is 37.0 Å². The number of anilines is 2. The van der Waals surface area contributed by atoms with Crippen LogP contribution in [0.2, 0.25) is 0 Å². The van der Waals surface area contributed by atoms with Crippen molar-refractivity contribution in [2.75, 3.05) is 24.0 Å².